The number of nitrogens with zero attached hydrogens (tertiary/aromatic N) is 1. The number of ether oxygens (including phenoxy) is 1. The van der Waals surface area contributed by atoms with Gasteiger partial charge in [0.05, 0.1) is 18.1 Å². The second-order valence-corrected chi connectivity index (χ2v) is 2.79. The molecule has 0 saturated heterocycles. The number of hydrogen-bond donors (Lipinski definition) is 2. The fourth-order valence-corrected chi connectivity index (χ4v) is 1.08. The molecular weight excluding hydrogens is 166 g/mol. The summed E-state index contributed by atoms with van der Waals surface area (Å²) in [6, 6.07) is 3.74. The highest BCUT2D eigenvalue weighted by molar-refractivity contribution is 5.79. The Bertz CT molecular complexity index is 299. The van der Waals surface area contributed by atoms with E-state index in [1.165, 1.54) is 0 Å². The molecule has 0 fully saturated rings. The van der Waals surface area contributed by atoms with E-state index in [0.29, 0.717) is 13.0 Å². The van der Waals surface area contributed by atoms with Crippen LogP contribution in [0.25, 0.3) is 0 Å². The average molecular weight is 179 g/mol. The maximum atomic E-state index is 7.13. The van der Waals surface area contributed by atoms with Crippen molar-refractivity contribution in [3.05, 3.63) is 29.6 Å². The molecule has 0 amide bonds. The maximum absolute atomic E-state index is 7.13. The Balaban J connectivity index is 2.73. The number of rotatable bonds is 4. The first-order valence-corrected chi connectivity index (χ1v) is 3.98. The molecule has 0 radical (unpaired) electrons. The molecule has 1 aromatic heterocycles. The molecule has 1 rings (SSSR count). The molecule has 0 spiro atoms. The summed E-state index contributed by atoms with van der Waals surface area (Å²) < 4.78 is 4.94. The zero-order valence-electron chi connectivity index (χ0n) is 7.58. The number of amidine groups is 1. The minimum absolute atomic E-state index is 0.162. The van der Waals surface area contributed by atoms with E-state index in [0.717, 1.165) is 11.3 Å². The third-order valence-electron chi connectivity index (χ3n) is 1.57. The van der Waals surface area contributed by atoms with Crippen LogP contribution in [0.1, 0.15) is 11.3 Å². The Hall–Kier alpha value is -1.42. The molecular formula is C9H13N3O. The van der Waals surface area contributed by atoms with Gasteiger partial charge in [0.25, 0.3) is 0 Å². The van der Waals surface area contributed by atoms with E-state index in [9.17, 15) is 0 Å². The number of hydrogen-bond acceptors (Lipinski definition) is 3. The first-order valence-electron chi connectivity index (χ1n) is 3.98. The van der Waals surface area contributed by atoms with Gasteiger partial charge < -0.3 is 10.5 Å². The van der Waals surface area contributed by atoms with Gasteiger partial charge in [0.2, 0.25) is 0 Å². The minimum Gasteiger partial charge on any atom is -0.387 e. The van der Waals surface area contributed by atoms with Crippen LogP contribution in [0.3, 0.4) is 0 Å². The monoisotopic (exact) mass is 179 g/mol. The number of aromatic nitrogens is 1. The predicted octanol–water partition coefficient (Wildman–Crippen LogP) is 0.706. The van der Waals surface area contributed by atoms with Crippen LogP contribution in [0.4, 0.5) is 0 Å². The van der Waals surface area contributed by atoms with Crippen LogP contribution < -0.4 is 5.73 Å². The fraction of sp³-hybridized carbons (Fsp3) is 0.333. The normalized spacial score (nSPS) is 9.92. The molecule has 70 valence electrons. The van der Waals surface area contributed by atoms with Gasteiger partial charge in [-0.3, -0.25) is 10.4 Å². The van der Waals surface area contributed by atoms with E-state index in [-0.39, 0.29) is 5.84 Å². The topological polar surface area (TPSA) is 72.0 Å². The van der Waals surface area contributed by atoms with E-state index >= 15 is 0 Å². The molecule has 0 atom stereocenters. The highest BCUT2D eigenvalue weighted by Crippen LogP contribution is 2.03. The van der Waals surface area contributed by atoms with Gasteiger partial charge in [0, 0.05) is 19.7 Å². The summed E-state index contributed by atoms with van der Waals surface area (Å²) in [5, 5.41) is 7.13. The van der Waals surface area contributed by atoms with E-state index in [1.807, 2.05) is 12.1 Å². The molecule has 1 aromatic rings. The largest absolute Gasteiger partial charge is 0.387 e. The van der Waals surface area contributed by atoms with Gasteiger partial charge in [-0.2, -0.15) is 0 Å². The van der Waals surface area contributed by atoms with Crippen LogP contribution in [-0.4, -0.2) is 17.9 Å². The van der Waals surface area contributed by atoms with Gasteiger partial charge in [-0.05, 0) is 17.7 Å². The van der Waals surface area contributed by atoms with Crippen molar-refractivity contribution in [1.29, 1.82) is 5.41 Å². The van der Waals surface area contributed by atoms with Crippen molar-refractivity contribution in [3.8, 4) is 0 Å². The lowest BCUT2D eigenvalue weighted by atomic mass is 10.1. The average Bonchev–Trinajstić information content (AvgIpc) is 2.04. The van der Waals surface area contributed by atoms with Crippen LogP contribution in [0, 0.1) is 5.41 Å². The van der Waals surface area contributed by atoms with Crippen LogP contribution in [-0.2, 0) is 17.8 Å². The minimum atomic E-state index is 0.162. The lowest BCUT2D eigenvalue weighted by Gasteiger charge is -2.02. The van der Waals surface area contributed by atoms with Gasteiger partial charge in [-0.1, -0.05) is 0 Å². The van der Waals surface area contributed by atoms with Crippen molar-refractivity contribution >= 4 is 5.84 Å². The number of methoxy groups -OCH3 is 1. The highest BCUT2D eigenvalue weighted by atomic mass is 16.5. The van der Waals surface area contributed by atoms with E-state index in [2.05, 4.69) is 4.98 Å². The van der Waals surface area contributed by atoms with Gasteiger partial charge in [-0.25, -0.2) is 0 Å². The molecule has 1 heterocycles. The van der Waals surface area contributed by atoms with Crippen LogP contribution in [0.5, 0.6) is 0 Å². The second-order valence-electron chi connectivity index (χ2n) is 2.79. The third kappa shape index (κ3) is 3.21. The molecule has 0 saturated carbocycles. The van der Waals surface area contributed by atoms with Gasteiger partial charge in [-0.15, -0.1) is 0 Å². The van der Waals surface area contributed by atoms with E-state index < -0.39 is 0 Å². The van der Waals surface area contributed by atoms with Crippen LogP contribution >= 0.6 is 0 Å². The molecule has 0 aliphatic rings. The molecule has 13 heavy (non-hydrogen) atoms. The summed E-state index contributed by atoms with van der Waals surface area (Å²) in [4.78, 5) is 4.10. The molecule has 3 N–H and O–H groups in total. The zero-order valence-corrected chi connectivity index (χ0v) is 7.58. The van der Waals surface area contributed by atoms with Crippen LogP contribution in [0.2, 0.25) is 0 Å². The fourth-order valence-electron chi connectivity index (χ4n) is 1.08. The number of nitrogens with one attached hydrogen (secondary N) is 1. The van der Waals surface area contributed by atoms with E-state index in [4.69, 9.17) is 15.9 Å². The summed E-state index contributed by atoms with van der Waals surface area (Å²) in [7, 11) is 1.62. The Morgan fingerprint density at radius 3 is 3.08 bits per heavy atom. The van der Waals surface area contributed by atoms with Crippen molar-refractivity contribution in [2.24, 2.45) is 5.73 Å². The summed E-state index contributed by atoms with van der Waals surface area (Å²) >= 11 is 0. The lowest BCUT2D eigenvalue weighted by molar-refractivity contribution is 0.181. The Morgan fingerprint density at radius 1 is 1.69 bits per heavy atom. The number of pyridine rings is 1. The summed E-state index contributed by atoms with van der Waals surface area (Å²) in [6.07, 6.45) is 2.17. The van der Waals surface area contributed by atoms with Crippen LogP contribution in [0.15, 0.2) is 18.3 Å². The van der Waals surface area contributed by atoms with Crippen molar-refractivity contribution in [2.45, 2.75) is 13.0 Å². The van der Waals surface area contributed by atoms with Crippen molar-refractivity contribution < 1.29 is 4.74 Å². The van der Waals surface area contributed by atoms with Crippen molar-refractivity contribution in [1.82, 2.24) is 4.98 Å². The smallest absolute Gasteiger partial charge is 0.0950 e. The lowest BCUT2D eigenvalue weighted by Crippen LogP contribution is -2.12. The van der Waals surface area contributed by atoms with Gasteiger partial charge >= 0.3 is 0 Å². The number of nitrogens with two attached hydrogens (primary N) is 1. The van der Waals surface area contributed by atoms with E-state index in [1.54, 1.807) is 13.3 Å². The van der Waals surface area contributed by atoms with Crippen molar-refractivity contribution in [3.63, 3.8) is 0 Å². The summed E-state index contributed by atoms with van der Waals surface area (Å²) in [5.41, 5.74) is 7.14. The summed E-state index contributed by atoms with van der Waals surface area (Å²) in [5.74, 6) is 0.162. The first-order chi connectivity index (χ1) is 6.22. The molecule has 0 aromatic carbocycles. The highest BCUT2D eigenvalue weighted by Gasteiger charge is 1.98. The third-order valence-corrected chi connectivity index (χ3v) is 1.57. The second kappa shape index (κ2) is 4.57. The molecule has 0 unspecified atom stereocenters. The first kappa shape index (κ1) is 9.67. The zero-order chi connectivity index (χ0) is 9.68. The molecule has 4 heteroatoms. The maximum Gasteiger partial charge on any atom is 0.0950 e. The molecule has 0 aliphatic carbocycles. The molecule has 0 aliphatic heterocycles. The Kier molecular flexibility index (Phi) is 3.40. The Morgan fingerprint density at radius 2 is 2.46 bits per heavy atom. The standard InChI is InChI=1S/C9H13N3O/c1-13-6-8-4-7(2-3-12-8)5-9(10)11/h2-4H,5-6H2,1H3,(H3,10,11). The predicted molar refractivity (Wildman–Crippen MR) is 50.6 cm³/mol. The quantitative estimate of drug-likeness (QED) is 0.528. The summed E-state index contributed by atoms with van der Waals surface area (Å²) in [6.45, 7) is 0.492. The van der Waals surface area contributed by atoms with Gasteiger partial charge in [0.15, 0.2) is 0 Å². The SMILES string of the molecule is COCc1cc(CC(=N)N)ccn1. The molecule has 0 bridgehead atoms. The van der Waals surface area contributed by atoms with Gasteiger partial charge in [0.1, 0.15) is 0 Å². The Labute approximate surface area is 77.2 Å². The van der Waals surface area contributed by atoms with Crippen molar-refractivity contribution in [2.75, 3.05) is 7.11 Å². The molecule has 4 nitrogen and oxygen atoms in total.